The highest BCUT2D eigenvalue weighted by Crippen LogP contribution is 2.22. The topological polar surface area (TPSA) is 141 Å². The molecule has 0 aliphatic rings. The minimum Gasteiger partial charge on any atom is -0.475 e. The van der Waals surface area contributed by atoms with Crippen molar-refractivity contribution in [2.75, 3.05) is 5.32 Å². The van der Waals surface area contributed by atoms with Gasteiger partial charge in [-0.3, -0.25) is 0 Å². The molecule has 0 spiro atoms. The van der Waals surface area contributed by atoms with Gasteiger partial charge in [-0.05, 0) is 39.7 Å². The largest absolute Gasteiger partial charge is 0.490 e. The molecule has 0 radical (unpaired) electrons. The Balaban J connectivity index is 0.000000301. The number of hydrogen-bond acceptors (Lipinski definition) is 6. The van der Waals surface area contributed by atoms with E-state index in [1.807, 2.05) is 36.4 Å². The van der Waals surface area contributed by atoms with Crippen molar-refractivity contribution in [2.24, 2.45) is 0 Å². The molecule has 0 saturated heterocycles. The smallest absolute Gasteiger partial charge is 0.475 e. The normalized spacial score (nSPS) is 11.0. The van der Waals surface area contributed by atoms with E-state index in [2.05, 4.69) is 53.3 Å². The minimum absolute atomic E-state index is 0.694. The predicted molar refractivity (Wildman–Crippen MR) is 126 cm³/mol. The first-order valence-corrected chi connectivity index (χ1v) is 10.8. The van der Waals surface area contributed by atoms with E-state index in [4.69, 9.17) is 19.8 Å². The van der Waals surface area contributed by atoms with Gasteiger partial charge in [0.1, 0.15) is 11.6 Å². The molecule has 0 aliphatic heterocycles. The monoisotopic (exact) mass is 607 g/mol. The summed E-state index contributed by atoms with van der Waals surface area (Å²) >= 11 is 3.41. The third-order valence-corrected chi connectivity index (χ3v) is 4.58. The van der Waals surface area contributed by atoms with Crippen LogP contribution in [0, 0.1) is 0 Å². The van der Waals surface area contributed by atoms with Crippen LogP contribution in [0.25, 0.3) is 22.6 Å². The quantitative estimate of drug-likeness (QED) is 0.218. The molecule has 0 bridgehead atoms. The molecule has 0 aliphatic carbocycles. The maximum absolute atomic E-state index is 10.6. The number of H-pyrrole nitrogens is 1. The van der Waals surface area contributed by atoms with Crippen molar-refractivity contribution in [3.05, 3.63) is 71.0 Å². The summed E-state index contributed by atoms with van der Waals surface area (Å²) in [6.45, 7) is 0.746. The Kier molecular flexibility index (Phi) is 10.1. The van der Waals surface area contributed by atoms with Gasteiger partial charge < -0.3 is 20.5 Å². The van der Waals surface area contributed by atoms with Crippen LogP contribution < -0.4 is 5.32 Å². The van der Waals surface area contributed by atoms with Gasteiger partial charge in [-0.25, -0.2) is 24.5 Å². The molecular formula is C22H16BrF6N5O4. The molecule has 4 aromatic rings. The lowest BCUT2D eigenvalue weighted by atomic mass is 10.2. The first-order chi connectivity index (χ1) is 17.7. The number of alkyl halides is 6. The molecule has 0 saturated carbocycles. The van der Waals surface area contributed by atoms with Crippen LogP contribution in [0.4, 0.5) is 32.2 Å². The maximum atomic E-state index is 10.6. The van der Waals surface area contributed by atoms with Crippen LogP contribution in [0.3, 0.4) is 0 Å². The lowest BCUT2D eigenvalue weighted by Crippen LogP contribution is -2.21. The summed E-state index contributed by atoms with van der Waals surface area (Å²) in [4.78, 5) is 34.3. The van der Waals surface area contributed by atoms with Gasteiger partial charge in [-0.15, -0.1) is 0 Å². The first-order valence-electron chi connectivity index (χ1n) is 10.0. The van der Waals surface area contributed by atoms with Crippen molar-refractivity contribution < 1.29 is 46.1 Å². The summed E-state index contributed by atoms with van der Waals surface area (Å²) in [5.74, 6) is -3.92. The van der Waals surface area contributed by atoms with E-state index in [-0.39, 0.29) is 0 Å². The van der Waals surface area contributed by atoms with Crippen molar-refractivity contribution in [3.8, 4) is 11.4 Å². The number of carboxylic acids is 2. The maximum Gasteiger partial charge on any atom is 0.490 e. The molecule has 0 amide bonds. The summed E-state index contributed by atoms with van der Waals surface area (Å²) in [7, 11) is 0. The molecule has 202 valence electrons. The van der Waals surface area contributed by atoms with Gasteiger partial charge in [0.15, 0.2) is 5.65 Å². The molecule has 16 heteroatoms. The van der Waals surface area contributed by atoms with Crippen molar-refractivity contribution in [1.82, 2.24) is 19.9 Å². The summed E-state index contributed by atoms with van der Waals surface area (Å²) in [5.41, 5.74) is 3.73. The fourth-order valence-electron chi connectivity index (χ4n) is 2.44. The molecule has 0 unspecified atom stereocenters. The molecule has 0 atom stereocenters. The van der Waals surface area contributed by atoms with E-state index in [1.54, 1.807) is 12.4 Å². The van der Waals surface area contributed by atoms with E-state index in [0.29, 0.717) is 5.65 Å². The number of imidazole rings is 1. The lowest BCUT2D eigenvalue weighted by Gasteiger charge is -2.06. The number of pyridine rings is 2. The van der Waals surface area contributed by atoms with Gasteiger partial charge in [0.25, 0.3) is 0 Å². The summed E-state index contributed by atoms with van der Waals surface area (Å²) in [6.07, 6.45) is -6.62. The molecule has 9 nitrogen and oxygen atoms in total. The van der Waals surface area contributed by atoms with Crippen LogP contribution in [0.2, 0.25) is 0 Å². The number of aromatic amines is 1. The summed E-state index contributed by atoms with van der Waals surface area (Å²) in [5, 5.41) is 17.6. The second-order valence-corrected chi connectivity index (χ2v) is 7.90. The highest BCUT2D eigenvalue weighted by Gasteiger charge is 2.38. The van der Waals surface area contributed by atoms with Gasteiger partial charge in [-0.2, -0.15) is 26.3 Å². The number of benzene rings is 1. The number of anilines is 1. The zero-order chi connectivity index (χ0) is 28.5. The highest BCUT2D eigenvalue weighted by atomic mass is 79.9. The van der Waals surface area contributed by atoms with E-state index < -0.39 is 24.3 Å². The SMILES string of the molecule is Brc1cnc2nc(-c3ccc(NCc4ccccc4)nc3)[nH]c2c1.O=C(O)C(F)(F)F.O=C(O)C(F)(F)F. The van der Waals surface area contributed by atoms with Gasteiger partial charge >= 0.3 is 24.3 Å². The van der Waals surface area contributed by atoms with E-state index in [9.17, 15) is 26.3 Å². The Morgan fingerprint density at radius 3 is 1.97 bits per heavy atom. The molecule has 3 heterocycles. The number of fused-ring (bicyclic) bond motifs is 1. The fraction of sp³-hybridized carbons (Fsp3) is 0.136. The second kappa shape index (κ2) is 12.8. The lowest BCUT2D eigenvalue weighted by molar-refractivity contribution is -0.193. The van der Waals surface area contributed by atoms with Crippen molar-refractivity contribution in [3.63, 3.8) is 0 Å². The second-order valence-electron chi connectivity index (χ2n) is 6.99. The average molecular weight is 608 g/mol. The van der Waals surface area contributed by atoms with Crippen molar-refractivity contribution in [2.45, 2.75) is 18.9 Å². The summed E-state index contributed by atoms with van der Waals surface area (Å²) in [6, 6.07) is 16.1. The van der Waals surface area contributed by atoms with Crippen LogP contribution in [0.1, 0.15) is 5.56 Å². The van der Waals surface area contributed by atoms with Crippen LogP contribution >= 0.6 is 15.9 Å². The van der Waals surface area contributed by atoms with Crippen LogP contribution in [0.15, 0.2) is 65.4 Å². The number of nitrogens with one attached hydrogen (secondary N) is 2. The van der Waals surface area contributed by atoms with Gasteiger partial charge in [0, 0.05) is 29.0 Å². The average Bonchev–Trinajstić information content (AvgIpc) is 3.26. The van der Waals surface area contributed by atoms with Crippen LogP contribution in [-0.4, -0.2) is 54.4 Å². The van der Waals surface area contributed by atoms with Gasteiger partial charge in [0.05, 0.1) is 5.52 Å². The number of carbonyl (C=O) groups is 2. The number of aromatic nitrogens is 4. The van der Waals surface area contributed by atoms with Crippen LogP contribution in [0.5, 0.6) is 0 Å². The first kappa shape index (κ1) is 30.0. The van der Waals surface area contributed by atoms with E-state index in [0.717, 1.165) is 33.7 Å². The number of nitrogens with zero attached hydrogens (tertiary/aromatic N) is 3. The molecule has 4 rings (SSSR count). The zero-order valence-electron chi connectivity index (χ0n) is 18.7. The standard InChI is InChI=1S/C18H14BrN5.2C2HF3O2/c19-14-8-15-18(22-11-14)24-17(23-15)13-6-7-16(21-10-13)20-9-12-4-2-1-3-5-12;2*3-2(4,5)1(6)7/h1-8,10-11H,9H2,(H,20,21)(H,22,23,24);2*(H,6,7). The Bertz CT molecular complexity index is 1340. The third kappa shape index (κ3) is 9.68. The Morgan fingerprint density at radius 1 is 0.895 bits per heavy atom. The number of halogens is 7. The Labute approximate surface area is 217 Å². The Hall–Kier alpha value is -4.21. The van der Waals surface area contributed by atoms with Gasteiger partial charge in [0.2, 0.25) is 0 Å². The van der Waals surface area contributed by atoms with Gasteiger partial charge in [-0.1, -0.05) is 30.3 Å². The number of hydrogen-bond donors (Lipinski definition) is 4. The minimum atomic E-state index is -5.08. The predicted octanol–water partition coefficient (Wildman–Crippen LogP) is 5.66. The molecular weight excluding hydrogens is 592 g/mol. The molecule has 0 fully saturated rings. The third-order valence-electron chi connectivity index (χ3n) is 4.14. The summed E-state index contributed by atoms with van der Waals surface area (Å²) < 4.78 is 64.4. The molecule has 3 aromatic heterocycles. The number of aliphatic carboxylic acids is 2. The molecule has 1 aromatic carbocycles. The van der Waals surface area contributed by atoms with Crippen molar-refractivity contribution >= 4 is 44.9 Å². The number of rotatable bonds is 4. The molecule has 38 heavy (non-hydrogen) atoms. The van der Waals surface area contributed by atoms with E-state index >= 15 is 0 Å². The van der Waals surface area contributed by atoms with E-state index in [1.165, 1.54) is 5.56 Å². The van der Waals surface area contributed by atoms with Crippen LogP contribution in [-0.2, 0) is 16.1 Å². The Morgan fingerprint density at radius 2 is 1.47 bits per heavy atom. The number of carboxylic acid groups (broad SMARTS) is 2. The molecule has 4 N–H and O–H groups in total. The highest BCUT2D eigenvalue weighted by molar-refractivity contribution is 9.10. The zero-order valence-corrected chi connectivity index (χ0v) is 20.3. The van der Waals surface area contributed by atoms with Crippen molar-refractivity contribution in [1.29, 1.82) is 0 Å². The fourth-order valence-corrected chi connectivity index (χ4v) is 2.77.